The molecule has 1 unspecified atom stereocenters. The molecule has 18 heavy (non-hydrogen) atoms. The normalized spacial score (nSPS) is 13.3. The number of hydrogen-bond acceptors (Lipinski definition) is 4. The molecule has 0 spiro atoms. The van der Waals surface area contributed by atoms with Crippen molar-refractivity contribution in [2.24, 2.45) is 0 Å². The fourth-order valence-corrected chi connectivity index (χ4v) is 2.70. The summed E-state index contributed by atoms with van der Waals surface area (Å²) in [6, 6.07) is 1.86. The smallest absolute Gasteiger partial charge is 0.324 e. The highest BCUT2D eigenvalue weighted by Crippen LogP contribution is 2.19. The molecule has 1 atom stereocenters. The third-order valence-corrected chi connectivity index (χ3v) is 4.19. The number of carboxylic acid groups (broad SMARTS) is 1. The van der Waals surface area contributed by atoms with Crippen LogP contribution in [0.3, 0.4) is 0 Å². The van der Waals surface area contributed by atoms with Crippen molar-refractivity contribution in [2.75, 3.05) is 13.7 Å². The molecule has 0 heterocycles. The molecule has 1 N–H and O–H groups in total. The second kappa shape index (κ2) is 5.40. The highest BCUT2D eigenvalue weighted by atomic mass is 32.2. The number of halogens is 2. The van der Waals surface area contributed by atoms with Crippen LogP contribution >= 0.6 is 0 Å². The summed E-state index contributed by atoms with van der Waals surface area (Å²) >= 11 is 0. The average molecular weight is 280 g/mol. The summed E-state index contributed by atoms with van der Waals surface area (Å²) in [5.74, 6) is -4.20. The zero-order valence-corrected chi connectivity index (χ0v) is 10.1. The summed E-state index contributed by atoms with van der Waals surface area (Å²) in [6.07, 6.45) is 0. The third kappa shape index (κ3) is 2.82. The summed E-state index contributed by atoms with van der Waals surface area (Å²) in [5, 5.41) is 6.93. The molecule has 100 valence electrons. The van der Waals surface area contributed by atoms with Gasteiger partial charge in [0.15, 0.2) is 26.7 Å². The van der Waals surface area contributed by atoms with Crippen LogP contribution in [0, 0.1) is 11.6 Å². The highest BCUT2D eigenvalue weighted by Gasteiger charge is 2.34. The molecule has 0 aromatic heterocycles. The van der Waals surface area contributed by atoms with Gasteiger partial charge in [0.25, 0.3) is 0 Å². The first-order chi connectivity index (χ1) is 8.30. The van der Waals surface area contributed by atoms with E-state index in [1.54, 1.807) is 0 Å². The lowest BCUT2D eigenvalue weighted by molar-refractivity contribution is -0.137. The van der Waals surface area contributed by atoms with Gasteiger partial charge in [0.05, 0.1) is 11.5 Å². The van der Waals surface area contributed by atoms with Crippen molar-refractivity contribution in [3.8, 4) is 0 Å². The molecule has 8 heteroatoms. The van der Waals surface area contributed by atoms with Gasteiger partial charge in [-0.15, -0.1) is 0 Å². The lowest BCUT2D eigenvalue weighted by Gasteiger charge is -2.12. The standard InChI is InChI=1S/C10H10F2O5S/c1-17-5-9(10(13)14)18(15,16)6-2-3-7(11)8(12)4-6/h2-4,9H,5H2,1H3,(H,13,14). The Morgan fingerprint density at radius 3 is 2.44 bits per heavy atom. The second-order valence-corrected chi connectivity index (χ2v) is 5.53. The van der Waals surface area contributed by atoms with Crippen LogP contribution in [-0.2, 0) is 19.4 Å². The van der Waals surface area contributed by atoms with Crippen molar-refractivity contribution >= 4 is 15.8 Å². The maximum Gasteiger partial charge on any atom is 0.324 e. The maximum absolute atomic E-state index is 12.9. The van der Waals surface area contributed by atoms with Crippen molar-refractivity contribution in [3.63, 3.8) is 0 Å². The van der Waals surface area contributed by atoms with Crippen LogP contribution < -0.4 is 0 Å². The van der Waals surface area contributed by atoms with Crippen LogP contribution in [0.4, 0.5) is 8.78 Å². The summed E-state index contributed by atoms with van der Waals surface area (Å²) in [6.45, 7) is -0.587. The minimum Gasteiger partial charge on any atom is -0.480 e. The Morgan fingerprint density at radius 1 is 1.39 bits per heavy atom. The van der Waals surface area contributed by atoms with Crippen molar-refractivity contribution < 1.29 is 31.8 Å². The largest absolute Gasteiger partial charge is 0.480 e. The van der Waals surface area contributed by atoms with Crippen LogP contribution in [-0.4, -0.2) is 38.5 Å². The van der Waals surface area contributed by atoms with Gasteiger partial charge in [-0.1, -0.05) is 0 Å². The van der Waals surface area contributed by atoms with Gasteiger partial charge in [-0.25, -0.2) is 17.2 Å². The van der Waals surface area contributed by atoms with E-state index >= 15 is 0 Å². The van der Waals surface area contributed by atoms with Gasteiger partial charge in [-0.2, -0.15) is 0 Å². The number of hydrogen-bond donors (Lipinski definition) is 1. The molecule has 0 amide bonds. The van der Waals surface area contributed by atoms with E-state index in [9.17, 15) is 22.0 Å². The molecule has 0 fully saturated rings. The molecule has 5 nitrogen and oxygen atoms in total. The summed E-state index contributed by atoms with van der Waals surface area (Å²) in [5.41, 5.74) is 0. The van der Waals surface area contributed by atoms with Gasteiger partial charge in [-0.05, 0) is 18.2 Å². The SMILES string of the molecule is COCC(C(=O)O)S(=O)(=O)c1ccc(F)c(F)c1. The number of aliphatic carboxylic acids is 1. The molecule has 0 aliphatic carbocycles. The molecule has 0 saturated carbocycles. The van der Waals surface area contributed by atoms with Gasteiger partial charge in [-0.3, -0.25) is 4.79 Å². The topological polar surface area (TPSA) is 80.7 Å². The monoisotopic (exact) mass is 280 g/mol. The molecule has 1 aromatic carbocycles. The minimum atomic E-state index is -4.33. The molecule has 0 aliphatic rings. The predicted molar refractivity (Wildman–Crippen MR) is 56.8 cm³/mol. The Hall–Kier alpha value is -1.54. The van der Waals surface area contributed by atoms with Crippen LogP contribution in [0.1, 0.15) is 0 Å². The molecule has 0 aliphatic heterocycles. The first kappa shape index (κ1) is 14.5. The van der Waals surface area contributed by atoms with E-state index in [2.05, 4.69) is 4.74 Å². The zero-order chi connectivity index (χ0) is 13.9. The Bertz CT molecular complexity index is 555. The van der Waals surface area contributed by atoms with Crippen molar-refractivity contribution in [1.29, 1.82) is 0 Å². The number of benzene rings is 1. The fourth-order valence-electron chi connectivity index (χ4n) is 1.26. The lowest BCUT2D eigenvalue weighted by Crippen LogP contribution is -2.34. The molecule has 0 saturated heterocycles. The van der Waals surface area contributed by atoms with E-state index in [1.165, 1.54) is 0 Å². The van der Waals surface area contributed by atoms with E-state index in [-0.39, 0.29) is 0 Å². The van der Waals surface area contributed by atoms with Crippen molar-refractivity contribution in [3.05, 3.63) is 29.8 Å². The van der Waals surface area contributed by atoms with Crippen LogP contribution in [0.15, 0.2) is 23.1 Å². The number of sulfone groups is 1. The molecular weight excluding hydrogens is 270 g/mol. The first-order valence-electron chi connectivity index (χ1n) is 4.71. The van der Waals surface area contributed by atoms with E-state index in [1.807, 2.05) is 0 Å². The fraction of sp³-hybridized carbons (Fsp3) is 0.300. The second-order valence-electron chi connectivity index (χ2n) is 3.40. The zero-order valence-electron chi connectivity index (χ0n) is 9.26. The average Bonchev–Trinajstić information content (AvgIpc) is 2.28. The van der Waals surface area contributed by atoms with Gasteiger partial charge in [0, 0.05) is 7.11 Å². The quantitative estimate of drug-likeness (QED) is 0.808. The van der Waals surface area contributed by atoms with Gasteiger partial charge in [0.2, 0.25) is 0 Å². The van der Waals surface area contributed by atoms with E-state index in [4.69, 9.17) is 5.11 Å². The predicted octanol–water partition coefficient (Wildman–Crippen LogP) is 0.838. The summed E-state index contributed by atoms with van der Waals surface area (Å²) < 4.78 is 53.9. The van der Waals surface area contributed by atoms with E-state index < -0.39 is 44.2 Å². The lowest BCUT2D eigenvalue weighted by atomic mass is 10.3. The van der Waals surface area contributed by atoms with Gasteiger partial charge in [0.1, 0.15) is 0 Å². The van der Waals surface area contributed by atoms with Crippen LogP contribution in [0.25, 0.3) is 0 Å². The van der Waals surface area contributed by atoms with E-state index in [0.29, 0.717) is 12.1 Å². The summed E-state index contributed by atoms with van der Waals surface area (Å²) in [7, 11) is -3.20. The molecule has 0 radical (unpaired) electrons. The summed E-state index contributed by atoms with van der Waals surface area (Å²) in [4.78, 5) is 10.2. The highest BCUT2D eigenvalue weighted by molar-refractivity contribution is 7.92. The molecule has 1 rings (SSSR count). The Morgan fingerprint density at radius 2 is 2.00 bits per heavy atom. The van der Waals surface area contributed by atoms with E-state index in [0.717, 1.165) is 13.2 Å². The number of methoxy groups -OCH3 is 1. The molecule has 0 bridgehead atoms. The number of ether oxygens (including phenoxy) is 1. The Balaban J connectivity index is 3.26. The van der Waals surface area contributed by atoms with Crippen molar-refractivity contribution in [1.82, 2.24) is 0 Å². The Kier molecular flexibility index (Phi) is 4.36. The first-order valence-corrected chi connectivity index (χ1v) is 6.26. The number of rotatable bonds is 5. The number of carbonyl (C=O) groups is 1. The minimum absolute atomic E-state index is 0.441. The third-order valence-electron chi connectivity index (χ3n) is 2.19. The maximum atomic E-state index is 12.9. The van der Waals surface area contributed by atoms with Gasteiger partial charge >= 0.3 is 5.97 Å². The molecular formula is C10H10F2O5S. The van der Waals surface area contributed by atoms with Crippen LogP contribution in [0.2, 0.25) is 0 Å². The number of carboxylic acids is 1. The van der Waals surface area contributed by atoms with Crippen LogP contribution in [0.5, 0.6) is 0 Å². The van der Waals surface area contributed by atoms with Crippen molar-refractivity contribution in [2.45, 2.75) is 10.1 Å². The Labute approximate surface area is 102 Å². The molecule has 1 aromatic rings. The van der Waals surface area contributed by atoms with Gasteiger partial charge < -0.3 is 9.84 Å².